The van der Waals surface area contributed by atoms with E-state index in [0.29, 0.717) is 35.6 Å². The number of fused-ring (bicyclic) bond motifs is 2. The van der Waals surface area contributed by atoms with Crippen molar-refractivity contribution in [3.8, 4) is 0 Å². The van der Waals surface area contributed by atoms with Crippen LogP contribution >= 0.6 is 0 Å². The van der Waals surface area contributed by atoms with E-state index in [0.717, 1.165) is 12.5 Å². The molecule has 2 aliphatic rings. The van der Waals surface area contributed by atoms with Crippen molar-refractivity contribution in [2.24, 2.45) is 0 Å². The first-order chi connectivity index (χ1) is 13.3. The monoisotopic (exact) mass is 385 g/mol. The second-order valence-corrected chi connectivity index (χ2v) is 7.68. The van der Waals surface area contributed by atoms with Crippen LogP contribution in [0.1, 0.15) is 25.8 Å². The summed E-state index contributed by atoms with van der Waals surface area (Å²) in [6.45, 7) is 3.92. The molecule has 28 heavy (non-hydrogen) atoms. The Morgan fingerprint density at radius 1 is 1.14 bits per heavy atom. The van der Waals surface area contributed by atoms with Crippen molar-refractivity contribution in [2.75, 3.05) is 28.2 Å². The predicted molar refractivity (Wildman–Crippen MR) is 104 cm³/mol. The van der Waals surface area contributed by atoms with Crippen molar-refractivity contribution >= 4 is 28.9 Å². The smallest absolute Gasteiger partial charge is 0.250 e. The zero-order valence-corrected chi connectivity index (χ0v) is 15.8. The molecule has 0 saturated carbocycles. The molecule has 0 unspecified atom stereocenters. The molecule has 2 aromatic carbocycles. The summed E-state index contributed by atoms with van der Waals surface area (Å²) in [6, 6.07) is 9.48. The number of nitrogens with one attached hydrogen (secondary N) is 1. The molecule has 0 aliphatic carbocycles. The number of benzene rings is 2. The van der Waals surface area contributed by atoms with E-state index in [2.05, 4.69) is 5.32 Å². The summed E-state index contributed by atoms with van der Waals surface area (Å²) in [5.41, 5.74) is 1.35. The average molecular weight is 385 g/mol. The molecule has 1 N–H and O–H groups in total. The number of aryl methyl sites for hydroxylation is 1. The maximum absolute atomic E-state index is 13.8. The van der Waals surface area contributed by atoms with E-state index in [1.165, 1.54) is 11.0 Å². The Morgan fingerprint density at radius 2 is 1.86 bits per heavy atom. The van der Waals surface area contributed by atoms with E-state index in [4.69, 9.17) is 0 Å². The molecule has 2 heterocycles. The van der Waals surface area contributed by atoms with Crippen LogP contribution in [0.3, 0.4) is 0 Å². The summed E-state index contributed by atoms with van der Waals surface area (Å²) in [7, 11) is 0. The molecule has 5 nitrogen and oxygen atoms in total. The Hall–Kier alpha value is -2.96. The van der Waals surface area contributed by atoms with Gasteiger partial charge in [0.2, 0.25) is 11.8 Å². The fraction of sp³-hybridized carbons (Fsp3) is 0.333. The van der Waals surface area contributed by atoms with Gasteiger partial charge in [0.15, 0.2) is 11.6 Å². The zero-order valence-electron chi connectivity index (χ0n) is 15.8. The topological polar surface area (TPSA) is 52.7 Å². The fourth-order valence-electron chi connectivity index (χ4n) is 3.95. The van der Waals surface area contributed by atoms with E-state index < -0.39 is 17.2 Å². The normalized spacial score (nSPS) is 17.6. The number of amides is 2. The number of carbonyl (C=O) groups excluding carboxylic acids is 2. The molecule has 2 aromatic rings. The van der Waals surface area contributed by atoms with Gasteiger partial charge in [-0.15, -0.1) is 0 Å². The summed E-state index contributed by atoms with van der Waals surface area (Å²) in [5.74, 6) is -2.35. The third-order valence-electron chi connectivity index (χ3n) is 5.42. The van der Waals surface area contributed by atoms with Gasteiger partial charge in [0.05, 0.1) is 17.9 Å². The highest BCUT2D eigenvalue weighted by Crippen LogP contribution is 2.37. The Balaban J connectivity index is 1.68. The van der Waals surface area contributed by atoms with Gasteiger partial charge in [0, 0.05) is 18.3 Å². The molecule has 0 saturated heterocycles. The Morgan fingerprint density at radius 3 is 2.64 bits per heavy atom. The van der Waals surface area contributed by atoms with E-state index in [9.17, 15) is 18.4 Å². The first-order valence-electron chi connectivity index (χ1n) is 9.25. The first kappa shape index (κ1) is 18.4. The minimum absolute atomic E-state index is 0.0247. The Kier molecular flexibility index (Phi) is 4.33. The highest BCUT2D eigenvalue weighted by atomic mass is 19.2. The minimum atomic E-state index is -1.07. The van der Waals surface area contributed by atoms with Crippen LogP contribution in [0.2, 0.25) is 0 Å². The number of carbonyl (C=O) groups is 2. The molecule has 2 aliphatic heterocycles. The van der Waals surface area contributed by atoms with Gasteiger partial charge in [0.1, 0.15) is 5.54 Å². The van der Waals surface area contributed by atoms with Gasteiger partial charge < -0.3 is 10.2 Å². The van der Waals surface area contributed by atoms with Crippen LogP contribution in [0.4, 0.5) is 25.8 Å². The van der Waals surface area contributed by atoms with Crippen molar-refractivity contribution in [1.29, 1.82) is 0 Å². The number of anilines is 3. The lowest BCUT2D eigenvalue weighted by Crippen LogP contribution is -2.60. The molecule has 0 aromatic heterocycles. The van der Waals surface area contributed by atoms with Crippen LogP contribution in [0, 0.1) is 11.6 Å². The van der Waals surface area contributed by atoms with Crippen LogP contribution < -0.4 is 15.1 Å². The first-order valence-corrected chi connectivity index (χ1v) is 9.25. The Bertz CT molecular complexity index is 974. The van der Waals surface area contributed by atoms with Crippen LogP contribution in [0.25, 0.3) is 0 Å². The van der Waals surface area contributed by atoms with Crippen LogP contribution in [-0.2, 0) is 16.0 Å². The molecular weight excluding hydrogens is 364 g/mol. The van der Waals surface area contributed by atoms with E-state index in [1.54, 1.807) is 43.0 Å². The molecule has 0 spiro atoms. The SMILES string of the molecule is CC1(C)C(=O)Nc2ccccc2N1C(=O)CN1CCCc2cc(F)c(F)cc21. The number of hydrogen-bond donors (Lipinski definition) is 1. The summed E-state index contributed by atoms with van der Waals surface area (Å²) >= 11 is 0. The van der Waals surface area contributed by atoms with Gasteiger partial charge in [-0.1, -0.05) is 12.1 Å². The van der Waals surface area contributed by atoms with Gasteiger partial charge in [0.25, 0.3) is 0 Å². The number of rotatable bonds is 2. The van der Waals surface area contributed by atoms with Crippen LogP contribution in [0.15, 0.2) is 36.4 Å². The van der Waals surface area contributed by atoms with Gasteiger partial charge in [-0.3, -0.25) is 14.5 Å². The summed E-state index contributed by atoms with van der Waals surface area (Å²) < 4.78 is 27.4. The standard InChI is InChI=1S/C21H21F2N3O2/c1-21(2)20(28)24-16-7-3-4-8-17(16)26(21)19(27)12-25-9-5-6-13-10-14(22)15(23)11-18(13)25/h3-4,7-8,10-11H,5-6,9,12H2,1-2H3,(H,24,28). The molecule has 0 fully saturated rings. The molecule has 0 bridgehead atoms. The van der Waals surface area contributed by atoms with Crippen molar-refractivity contribution in [1.82, 2.24) is 0 Å². The second-order valence-electron chi connectivity index (χ2n) is 7.68. The van der Waals surface area contributed by atoms with E-state index in [-0.39, 0.29) is 18.4 Å². The quantitative estimate of drug-likeness (QED) is 0.861. The van der Waals surface area contributed by atoms with Crippen LogP contribution in [-0.4, -0.2) is 30.4 Å². The van der Waals surface area contributed by atoms with Gasteiger partial charge in [-0.05, 0) is 50.5 Å². The Labute approximate surface area is 161 Å². The van der Waals surface area contributed by atoms with Crippen molar-refractivity contribution in [3.63, 3.8) is 0 Å². The lowest BCUT2D eigenvalue weighted by Gasteiger charge is -2.43. The number of halogens is 2. The van der Waals surface area contributed by atoms with Gasteiger partial charge in [-0.2, -0.15) is 0 Å². The third-order valence-corrected chi connectivity index (χ3v) is 5.42. The largest absolute Gasteiger partial charge is 0.362 e. The van der Waals surface area contributed by atoms with Crippen LogP contribution in [0.5, 0.6) is 0 Å². The highest BCUT2D eigenvalue weighted by molar-refractivity contribution is 6.14. The summed E-state index contributed by atoms with van der Waals surface area (Å²) in [6.07, 6.45) is 1.38. The molecule has 2 amide bonds. The van der Waals surface area contributed by atoms with E-state index in [1.807, 2.05) is 0 Å². The lowest BCUT2D eigenvalue weighted by atomic mass is 9.95. The van der Waals surface area contributed by atoms with Crippen molar-refractivity contribution in [3.05, 3.63) is 53.6 Å². The fourth-order valence-corrected chi connectivity index (χ4v) is 3.95. The van der Waals surface area contributed by atoms with E-state index >= 15 is 0 Å². The van der Waals surface area contributed by atoms with Gasteiger partial charge >= 0.3 is 0 Å². The molecule has 0 radical (unpaired) electrons. The highest BCUT2D eigenvalue weighted by Gasteiger charge is 2.43. The maximum Gasteiger partial charge on any atom is 0.250 e. The summed E-state index contributed by atoms with van der Waals surface area (Å²) in [5, 5.41) is 2.83. The maximum atomic E-state index is 13.8. The third kappa shape index (κ3) is 2.91. The van der Waals surface area contributed by atoms with Crippen molar-refractivity contribution < 1.29 is 18.4 Å². The number of hydrogen-bond acceptors (Lipinski definition) is 3. The minimum Gasteiger partial charge on any atom is -0.362 e. The molecule has 4 rings (SSSR count). The number of para-hydroxylation sites is 2. The second kappa shape index (κ2) is 6.58. The molecular formula is C21H21F2N3O2. The molecule has 0 atom stereocenters. The average Bonchev–Trinajstić information content (AvgIpc) is 2.64. The zero-order chi connectivity index (χ0) is 20.1. The number of nitrogens with zero attached hydrogens (tertiary/aromatic N) is 2. The molecule has 7 heteroatoms. The predicted octanol–water partition coefficient (Wildman–Crippen LogP) is 3.48. The van der Waals surface area contributed by atoms with Crippen molar-refractivity contribution in [2.45, 2.75) is 32.2 Å². The molecule has 146 valence electrons. The van der Waals surface area contributed by atoms with Gasteiger partial charge in [-0.25, -0.2) is 8.78 Å². The summed E-state index contributed by atoms with van der Waals surface area (Å²) in [4.78, 5) is 29.1. The lowest BCUT2D eigenvalue weighted by molar-refractivity contribution is -0.125.